The molecular formula is C28H34N4O2. The molecule has 0 amide bonds. The van der Waals surface area contributed by atoms with Crippen molar-refractivity contribution in [3.63, 3.8) is 0 Å². The van der Waals surface area contributed by atoms with Gasteiger partial charge in [-0.2, -0.15) is 9.78 Å². The van der Waals surface area contributed by atoms with E-state index in [-0.39, 0.29) is 11.7 Å². The number of anilines is 1. The van der Waals surface area contributed by atoms with E-state index in [9.17, 15) is 4.79 Å². The summed E-state index contributed by atoms with van der Waals surface area (Å²) in [7, 11) is 0. The van der Waals surface area contributed by atoms with Gasteiger partial charge in [-0.3, -0.25) is 9.69 Å². The Morgan fingerprint density at radius 2 is 1.62 bits per heavy atom. The van der Waals surface area contributed by atoms with E-state index in [0.717, 1.165) is 69.8 Å². The lowest BCUT2D eigenvalue weighted by atomic mass is 9.98. The van der Waals surface area contributed by atoms with Gasteiger partial charge in [-0.15, -0.1) is 0 Å². The number of rotatable bonds is 6. The Kier molecular flexibility index (Phi) is 6.95. The van der Waals surface area contributed by atoms with Gasteiger partial charge in [0.25, 0.3) is 0 Å². The van der Waals surface area contributed by atoms with E-state index in [2.05, 4.69) is 46.1 Å². The highest BCUT2D eigenvalue weighted by Gasteiger charge is 2.26. The lowest BCUT2D eigenvalue weighted by molar-refractivity contribution is 0.152. The van der Waals surface area contributed by atoms with Crippen LogP contribution >= 0.6 is 0 Å². The second kappa shape index (κ2) is 10.4. The minimum absolute atomic E-state index is 0.106. The SMILES string of the molecule is Cc1ccc(CN2CCN(c3cnn(-c4ccccc4)c(=O)c3OC3CCCCC3)CC2)cc1. The molecule has 6 nitrogen and oxygen atoms in total. The topological polar surface area (TPSA) is 50.6 Å². The number of hydrogen-bond donors (Lipinski definition) is 0. The number of aromatic nitrogens is 2. The number of benzene rings is 2. The van der Waals surface area contributed by atoms with E-state index in [1.165, 1.54) is 22.2 Å². The molecule has 2 aromatic carbocycles. The van der Waals surface area contributed by atoms with Crippen molar-refractivity contribution in [1.82, 2.24) is 14.7 Å². The van der Waals surface area contributed by atoms with Gasteiger partial charge in [0.05, 0.1) is 18.0 Å². The van der Waals surface area contributed by atoms with E-state index in [0.29, 0.717) is 5.75 Å². The summed E-state index contributed by atoms with van der Waals surface area (Å²) >= 11 is 0. The molecule has 0 bridgehead atoms. The highest BCUT2D eigenvalue weighted by atomic mass is 16.5. The van der Waals surface area contributed by atoms with Crippen molar-refractivity contribution in [2.45, 2.75) is 51.7 Å². The molecule has 5 rings (SSSR count). The molecule has 0 atom stereocenters. The van der Waals surface area contributed by atoms with Gasteiger partial charge in [0.2, 0.25) is 5.75 Å². The molecule has 34 heavy (non-hydrogen) atoms. The van der Waals surface area contributed by atoms with E-state index < -0.39 is 0 Å². The fourth-order valence-electron chi connectivity index (χ4n) is 4.97. The standard InChI is InChI=1S/C28H34N4O2/c1-22-12-14-23(15-13-22)21-30-16-18-31(19-17-30)26-20-29-32(24-8-4-2-5-9-24)28(33)27(26)34-25-10-6-3-7-11-25/h2,4-5,8-9,12-15,20,25H,3,6-7,10-11,16-19,21H2,1H3. The molecule has 0 spiro atoms. The smallest absolute Gasteiger partial charge is 0.316 e. The van der Waals surface area contributed by atoms with Gasteiger partial charge in [0.1, 0.15) is 5.69 Å². The fraction of sp³-hybridized carbons (Fsp3) is 0.429. The summed E-state index contributed by atoms with van der Waals surface area (Å²) in [6, 6.07) is 18.4. The molecule has 2 fully saturated rings. The molecule has 0 N–H and O–H groups in total. The number of ether oxygens (including phenoxy) is 1. The molecule has 6 heteroatoms. The summed E-state index contributed by atoms with van der Waals surface area (Å²) < 4.78 is 7.91. The van der Waals surface area contributed by atoms with Crippen LogP contribution in [0.15, 0.2) is 65.6 Å². The first-order valence-electron chi connectivity index (χ1n) is 12.5. The molecule has 1 aliphatic carbocycles. The summed E-state index contributed by atoms with van der Waals surface area (Å²) in [5.41, 5.74) is 4.05. The van der Waals surface area contributed by atoms with E-state index in [4.69, 9.17) is 4.74 Å². The van der Waals surface area contributed by atoms with E-state index in [1.807, 2.05) is 36.5 Å². The second-order valence-corrected chi connectivity index (χ2v) is 9.54. The van der Waals surface area contributed by atoms with Crippen molar-refractivity contribution in [3.8, 4) is 11.4 Å². The van der Waals surface area contributed by atoms with Crippen LogP contribution in [0.2, 0.25) is 0 Å². The maximum Gasteiger partial charge on any atom is 0.316 e. The van der Waals surface area contributed by atoms with Gasteiger partial charge in [0.15, 0.2) is 0 Å². The zero-order chi connectivity index (χ0) is 23.3. The van der Waals surface area contributed by atoms with Crippen molar-refractivity contribution in [2.75, 3.05) is 31.1 Å². The number of nitrogens with zero attached hydrogens (tertiary/aromatic N) is 4. The van der Waals surface area contributed by atoms with Crippen molar-refractivity contribution in [2.24, 2.45) is 0 Å². The maximum atomic E-state index is 13.6. The molecule has 178 valence electrons. The third kappa shape index (κ3) is 5.17. The second-order valence-electron chi connectivity index (χ2n) is 9.54. The summed E-state index contributed by atoms with van der Waals surface area (Å²) in [5, 5.41) is 4.54. The molecule has 1 aromatic heterocycles. The summed E-state index contributed by atoms with van der Waals surface area (Å²) in [6.07, 6.45) is 7.52. The summed E-state index contributed by atoms with van der Waals surface area (Å²) in [5.74, 6) is 0.456. The molecule has 0 radical (unpaired) electrons. The van der Waals surface area contributed by atoms with E-state index in [1.54, 1.807) is 0 Å². The highest BCUT2D eigenvalue weighted by molar-refractivity contribution is 5.57. The first-order valence-corrected chi connectivity index (χ1v) is 12.5. The lowest BCUT2D eigenvalue weighted by Crippen LogP contribution is -2.46. The third-order valence-corrected chi connectivity index (χ3v) is 6.99. The minimum Gasteiger partial charge on any atom is -0.483 e. The molecule has 1 saturated carbocycles. The normalized spacial score (nSPS) is 17.6. The predicted octanol–water partition coefficient (Wildman–Crippen LogP) is 4.57. The fourth-order valence-corrected chi connectivity index (χ4v) is 4.97. The molecule has 2 aliphatic rings. The van der Waals surface area contributed by atoms with Gasteiger partial charge in [0, 0.05) is 32.7 Å². The molecule has 2 heterocycles. The number of piperazine rings is 1. The van der Waals surface area contributed by atoms with Crippen LogP contribution in [0.5, 0.6) is 5.75 Å². The predicted molar refractivity (Wildman–Crippen MR) is 136 cm³/mol. The molecule has 0 unspecified atom stereocenters. The Morgan fingerprint density at radius 3 is 2.32 bits per heavy atom. The van der Waals surface area contributed by atoms with Crippen LogP contribution < -0.4 is 15.2 Å². The molecular weight excluding hydrogens is 424 g/mol. The van der Waals surface area contributed by atoms with Crippen LogP contribution in [-0.4, -0.2) is 47.0 Å². The Bertz CT molecular complexity index is 1130. The summed E-state index contributed by atoms with van der Waals surface area (Å²) in [6.45, 7) is 6.66. The van der Waals surface area contributed by atoms with Crippen molar-refractivity contribution < 1.29 is 4.74 Å². The van der Waals surface area contributed by atoms with Crippen molar-refractivity contribution in [1.29, 1.82) is 0 Å². The lowest BCUT2D eigenvalue weighted by Gasteiger charge is -2.37. The van der Waals surface area contributed by atoms with Crippen molar-refractivity contribution in [3.05, 3.63) is 82.3 Å². The Labute approximate surface area is 201 Å². The van der Waals surface area contributed by atoms with Gasteiger partial charge >= 0.3 is 5.56 Å². The Morgan fingerprint density at radius 1 is 0.912 bits per heavy atom. The van der Waals surface area contributed by atoms with Crippen LogP contribution in [0.25, 0.3) is 5.69 Å². The van der Waals surface area contributed by atoms with Crippen LogP contribution in [0, 0.1) is 6.92 Å². The van der Waals surface area contributed by atoms with Crippen molar-refractivity contribution >= 4 is 5.69 Å². The van der Waals surface area contributed by atoms with Crippen LogP contribution in [0.4, 0.5) is 5.69 Å². The quantitative estimate of drug-likeness (QED) is 0.541. The average Bonchev–Trinajstić information content (AvgIpc) is 2.88. The van der Waals surface area contributed by atoms with Gasteiger partial charge in [-0.1, -0.05) is 54.4 Å². The number of para-hydroxylation sites is 1. The minimum atomic E-state index is -0.170. The third-order valence-electron chi connectivity index (χ3n) is 6.99. The Balaban J connectivity index is 1.36. The Hall–Kier alpha value is -3.12. The van der Waals surface area contributed by atoms with Crippen LogP contribution in [0.3, 0.4) is 0 Å². The van der Waals surface area contributed by atoms with E-state index >= 15 is 0 Å². The van der Waals surface area contributed by atoms with Gasteiger partial charge in [-0.05, 0) is 50.3 Å². The zero-order valence-electron chi connectivity index (χ0n) is 20.0. The van der Waals surface area contributed by atoms with Crippen LogP contribution in [-0.2, 0) is 6.54 Å². The number of aryl methyl sites for hydroxylation is 1. The molecule has 1 saturated heterocycles. The molecule has 3 aromatic rings. The summed E-state index contributed by atoms with van der Waals surface area (Å²) in [4.78, 5) is 18.3. The molecule has 1 aliphatic heterocycles. The average molecular weight is 459 g/mol. The van der Waals surface area contributed by atoms with Gasteiger partial charge < -0.3 is 9.64 Å². The highest BCUT2D eigenvalue weighted by Crippen LogP contribution is 2.30. The number of hydrogen-bond acceptors (Lipinski definition) is 5. The maximum absolute atomic E-state index is 13.6. The first-order chi connectivity index (χ1) is 16.7. The van der Waals surface area contributed by atoms with Gasteiger partial charge in [-0.25, -0.2) is 0 Å². The zero-order valence-corrected chi connectivity index (χ0v) is 20.0. The first kappa shape index (κ1) is 22.7. The van der Waals surface area contributed by atoms with Crippen LogP contribution in [0.1, 0.15) is 43.2 Å². The largest absolute Gasteiger partial charge is 0.483 e. The monoisotopic (exact) mass is 458 g/mol.